The maximum atomic E-state index is 13.0. The lowest BCUT2D eigenvalue weighted by molar-refractivity contribution is -0.141. The quantitative estimate of drug-likeness (QED) is 0.866. The second kappa shape index (κ2) is 5.92. The minimum atomic E-state index is -4.58. The fraction of sp³-hybridized carbons (Fsp3) is 0.533. The van der Waals surface area contributed by atoms with Gasteiger partial charge in [-0.1, -0.05) is 12.1 Å². The highest BCUT2D eigenvalue weighted by molar-refractivity contribution is 6.55. The summed E-state index contributed by atoms with van der Waals surface area (Å²) in [6.45, 7) is 6.82. The number of aliphatic hydroxyl groups excluding tert-OH is 1. The highest BCUT2D eigenvalue weighted by atomic mass is 19.4. The average molecular weight is 329 g/mol. The first-order valence-corrected chi connectivity index (χ1v) is 7.17. The number of hydrogen-bond acceptors (Lipinski definition) is 4. The molecule has 0 bridgehead atoms. The number of rotatable bonds is 3. The monoisotopic (exact) mass is 329 g/mol. The van der Waals surface area contributed by atoms with Crippen molar-refractivity contribution < 1.29 is 27.6 Å². The lowest BCUT2D eigenvalue weighted by Gasteiger charge is -2.32. The number of halogens is 3. The zero-order valence-electron chi connectivity index (χ0n) is 13.4. The Morgan fingerprint density at radius 1 is 1.26 bits per heavy atom. The van der Waals surface area contributed by atoms with Crippen molar-refractivity contribution in [1.82, 2.24) is 4.98 Å². The standard InChI is InChI=1S/C15H19BF3NO3/c1-13(2)14(3,4)23-16(22-13)11(9-21)8-10-6-5-7-20-12(10)15(17,18)19/h5-8,21H,9H2,1-4H3. The van der Waals surface area contributed by atoms with Crippen LogP contribution in [0, 0.1) is 0 Å². The minimum absolute atomic E-state index is 0.140. The Hall–Kier alpha value is -1.38. The first-order chi connectivity index (χ1) is 10.5. The Kier molecular flexibility index (Phi) is 4.63. The van der Waals surface area contributed by atoms with Crippen molar-refractivity contribution in [3.8, 4) is 0 Å². The summed E-state index contributed by atoms with van der Waals surface area (Å²) in [4.78, 5) is 3.39. The lowest BCUT2D eigenvalue weighted by atomic mass is 9.77. The van der Waals surface area contributed by atoms with Gasteiger partial charge in [-0.05, 0) is 39.2 Å². The van der Waals surface area contributed by atoms with E-state index in [-0.39, 0.29) is 11.0 Å². The SMILES string of the molecule is CC1(C)OB(C(=Cc2cccnc2C(F)(F)F)CO)OC1(C)C. The summed E-state index contributed by atoms with van der Waals surface area (Å²) in [7, 11) is -0.911. The van der Waals surface area contributed by atoms with Crippen LogP contribution >= 0.6 is 0 Å². The molecule has 0 saturated carbocycles. The van der Waals surface area contributed by atoms with Gasteiger partial charge in [-0.3, -0.25) is 4.98 Å². The first kappa shape index (κ1) is 18.0. The number of aliphatic hydroxyl groups is 1. The number of hydrogen-bond donors (Lipinski definition) is 1. The summed E-state index contributed by atoms with van der Waals surface area (Å²) in [6.07, 6.45) is -2.28. The minimum Gasteiger partial charge on any atom is -0.400 e. The van der Waals surface area contributed by atoms with Crippen LogP contribution in [-0.4, -0.2) is 35.0 Å². The molecule has 2 heterocycles. The van der Waals surface area contributed by atoms with E-state index in [2.05, 4.69) is 4.98 Å². The van der Waals surface area contributed by atoms with Crippen LogP contribution in [0.15, 0.2) is 23.8 Å². The molecule has 0 aromatic carbocycles. The van der Waals surface area contributed by atoms with Crippen LogP contribution in [0.3, 0.4) is 0 Å². The van der Waals surface area contributed by atoms with E-state index in [1.807, 2.05) is 27.7 Å². The third-order valence-electron chi connectivity index (χ3n) is 4.19. The molecule has 0 spiro atoms. The molecule has 1 aliphatic rings. The van der Waals surface area contributed by atoms with Gasteiger partial charge in [0.15, 0.2) is 5.69 Å². The van der Waals surface area contributed by atoms with Crippen molar-refractivity contribution in [1.29, 1.82) is 0 Å². The molecule has 0 radical (unpaired) electrons. The van der Waals surface area contributed by atoms with Crippen LogP contribution in [0.5, 0.6) is 0 Å². The lowest BCUT2D eigenvalue weighted by Crippen LogP contribution is -2.41. The molecular formula is C15H19BF3NO3. The molecule has 1 aliphatic heterocycles. The maximum Gasteiger partial charge on any atom is 0.492 e. The molecule has 2 rings (SSSR count). The zero-order valence-corrected chi connectivity index (χ0v) is 13.4. The van der Waals surface area contributed by atoms with Gasteiger partial charge in [0.2, 0.25) is 0 Å². The molecule has 0 amide bonds. The fourth-order valence-electron chi connectivity index (χ4n) is 2.15. The Bertz CT molecular complexity index is 598. The predicted molar refractivity (Wildman–Crippen MR) is 80.4 cm³/mol. The molecule has 0 unspecified atom stereocenters. The summed E-state index contributed by atoms with van der Waals surface area (Å²) >= 11 is 0. The summed E-state index contributed by atoms with van der Waals surface area (Å²) in [5.74, 6) is 0. The van der Waals surface area contributed by atoms with Gasteiger partial charge in [0.25, 0.3) is 0 Å². The Morgan fingerprint density at radius 3 is 2.30 bits per heavy atom. The van der Waals surface area contributed by atoms with Crippen molar-refractivity contribution in [3.63, 3.8) is 0 Å². The zero-order chi connectivity index (χ0) is 17.5. The van der Waals surface area contributed by atoms with Crippen molar-refractivity contribution in [2.45, 2.75) is 45.1 Å². The Labute approximate surface area is 133 Å². The van der Waals surface area contributed by atoms with Crippen LogP contribution < -0.4 is 0 Å². The van der Waals surface area contributed by atoms with Gasteiger partial charge >= 0.3 is 13.3 Å². The van der Waals surface area contributed by atoms with Crippen LogP contribution in [0.4, 0.5) is 13.2 Å². The Morgan fingerprint density at radius 2 is 1.83 bits per heavy atom. The van der Waals surface area contributed by atoms with Crippen molar-refractivity contribution >= 4 is 13.2 Å². The largest absolute Gasteiger partial charge is 0.492 e. The van der Waals surface area contributed by atoms with Crippen molar-refractivity contribution in [2.75, 3.05) is 6.61 Å². The number of aromatic nitrogens is 1. The second-order valence-corrected chi connectivity index (χ2v) is 6.40. The molecule has 1 saturated heterocycles. The summed E-state index contributed by atoms with van der Waals surface area (Å²) in [6, 6.07) is 2.69. The van der Waals surface area contributed by atoms with E-state index in [1.165, 1.54) is 18.2 Å². The van der Waals surface area contributed by atoms with Gasteiger partial charge in [0.1, 0.15) is 0 Å². The molecule has 8 heteroatoms. The van der Waals surface area contributed by atoms with E-state index < -0.39 is 36.8 Å². The first-order valence-electron chi connectivity index (χ1n) is 7.17. The van der Waals surface area contributed by atoms with E-state index in [9.17, 15) is 18.3 Å². The maximum absolute atomic E-state index is 13.0. The van der Waals surface area contributed by atoms with Gasteiger partial charge in [0, 0.05) is 11.8 Å². The molecule has 1 N–H and O–H groups in total. The molecule has 1 fully saturated rings. The van der Waals surface area contributed by atoms with Gasteiger partial charge in [0.05, 0.1) is 17.8 Å². The van der Waals surface area contributed by atoms with Crippen molar-refractivity contribution in [3.05, 3.63) is 35.1 Å². The average Bonchev–Trinajstić information content (AvgIpc) is 2.64. The third kappa shape index (κ3) is 3.59. The molecule has 4 nitrogen and oxygen atoms in total. The van der Waals surface area contributed by atoms with Crippen LogP contribution in [-0.2, 0) is 15.5 Å². The van der Waals surface area contributed by atoms with Crippen LogP contribution in [0.25, 0.3) is 6.08 Å². The van der Waals surface area contributed by atoms with E-state index in [4.69, 9.17) is 9.31 Å². The molecule has 1 aromatic heterocycles. The van der Waals surface area contributed by atoms with Crippen LogP contribution in [0.1, 0.15) is 39.0 Å². The smallest absolute Gasteiger partial charge is 0.400 e. The third-order valence-corrected chi connectivity index (χ3v) is 4.19. The molecule has 1 aromatic rings. The summed E-state index contributed by atoms with van der Waals surface area (Å²) < 4.78 is 50.6. The summed E-state index contributed by atoms with van der Waals surface area (Å²) in [5.41, 5.74) is -2.23. The highest BCUT2D eigenvalue weighted by Gasteiger charge is 2.52. The number of pyridine rings is 1. The van der Waals surface area contributed by atoms with Crippen LogP contribution in [0.2, 0.25) is 0 Å². The normalized spacial score (nSPS) is 20.9. The molecule has 0 aliphatic carbocycles. The molecule has 23 heavy (non-hydrogen) atoms. The van der Waals surface area contributed by atoms with E-state index in [1.54, 1.807) is 0 Å². The molecule has 0 atom stereocenters. The van der Waals surface area contributed by atoms with E-state index in [0.717, 1.165) is 6.20 Å². The van der Waals surface area contributed by atoms with Gasteiger partial charge in [-0.15, -0.1) is 0 Å². The highest BCUT2D eigenvalue weighted by Crippen LogP contribution is 2.39. The van der Waals surface area contributed by atoms with E-state index in [0.29, 0.717) is 0 Å². The summed E-state index contributed by atoms with van der Waals surface area (Å²) in [5, 5.41) is 9.55. The predicted octanol–water partition coefficient (Wildman–Crippen LogP) is 3.11. The molecule has 126 valence electrons. The topological polar surface area (TPSA) is 51.6 Å². The van der Waals surface area contributed by atoms with E-state index >= 15 is 0 Å². The second-order valence-electron chi connectivity index (χ2n) is 6.40. The number of nitrogens with zero attached hydrogens (tertiary/aromatic N) is 1. The van der Waals surface area contributed by atoms with Crippen molar-refractivity contribution in [2.24, 2.45) is 0 Å². The fourth-order valence-corrected chi connectivity index (χ4v) is 2.15. The Balaban J connectivity index is 2.39. The number of alkyl halides is 3. The van der Waals surface area contributed by atoms with Gasteiger partial charge < -0.3 is 14.4 Å². The van der Waals surface area contributed by atoms with Gasteiger partial charge in [-0.2, -0.15) is 13.2 Å². The molecular weight excluding hydrogens is 310 g/mol. The van der Waals surface area contributed by atoms with Gasteiger partial charge in [-0.25, -0.2) is 0 Å².